The Balaban J connectivity index is 2.83. The summed E-state index contributed by atoms with van der Waals surface area (Å²) >= 11 is 0. The molecule has 1 heterocycles. The molecular weight excluding hydrogens is 390 g/mol. The Morgan fingerprint density at radius 1 is 1.13 bits per heavy atom. The number of hydrogen-bond donors (Lipinski definition) is 1. The summed E-state index contributed by atoms with van der Waals surface area (Å²) < 4.78 is 16.1. The second-order valence-electron chi connectivity index (χ2n) is 7.94. The number of H-pyrrole nitrogens is 1. The van der Waals surface area contributed by atoms with Gasteiger partial charge in [0.05, 0.1) is 20.3 Å². The van der Waals surface area contributed by atoms with E-state index < -0.39 is 0 Å². The molecule has 5 heteroatoms. The number of methoxy groups -OCH3 is 3. The van der Waals surface area contributed by atoms with Gasteiger partial charge in [0, 0.05) is 30.7 Å². The first-order valence-corrected chi connectivity index (χ1v) is 10.7. The molecule has 0 spiro atoms. The Bertz CT molecular complexity index is 903. The Morgan fingerprint density at radius 2 is 1.81 bits per heavy atom. The van der Waals surface area contributed by atoms with Gasteiger partial charge in [-0.1, -0.05) is 48.5 Å². The van der Waals surface area contributed by atoms with Crippen LogP contribution in [-0.2, 0) is 11.2 Å². The number of aromatic amines is 1. The highest BCUT2D eigenvalue weighted by Crippen LogP contribution is 2.22. The van der Waals surface area contributed by atoms with Crippen LogP contribution in [0.1, 0.15) is 52.3 Å². The van der Waals surface area contributed by atoms with Gasteiger partial charge in [0.1, 0.15) is 0 Å². The average Bonchev–Trinajstić information content (AvgIpc) is 2.74. The molecule has 0 fully saturated rings. The summed E-state index contributed by atoms with van der Waals surface area (Å²) in [5.74, 6) is 0.869. The fraction of sp³-hybridized carbons (Fsp3) is 0.500. The molecule has 0 saturated carbocycles. The Kier molecular flexibility index (Phi) is 11.1. The number of rotatable bonds is 11. The van der Waals surface area contributed by atoms with Crippen molar-refractivity contribution in [3.63, 3.8) is 0 Å². The van der Waals surface area contributed by atoms with Crippen LogP contribution >= 0.6 is 0 Å². The van der Waals surface area contributed by atoms with Crippen LogP contribution in [0.4, 0.5) is 0 Å². The third-order valence-electron chi connectivity index (χ3n) is 5.51. The van der Waals surface area contributed by atoms with E-state index in [-0.39, 0.29) is 17.3 Å². The molecule has 0 aromatic carbocycles. The molecule has 1 rings (SSSR count). The Morgan fingerprint density at radius 3 is 2.35 bits per heavy atom. The molecule has 0 radical (unpaired) electrons. The lowest BCUT2D eigenvalue weighted by Gasteiger charge is -2.21. The number of nitrogens with one attached hydrogen (secondary N) is 1. The molecule has 0 bridgehead atoms. The second kappa shape index (κ2) is 13.0. The minimum Gasteiger partial charge on any atom is -0.488 e. The largest absolute Gasteiger partial charge is 0.488 e. The van der Waals surface area contributed by atoms with E-state index in [0.717, 1.165) is 12.1 Å². The Hall–Kier alpha value is -2.53. The zero-order valence-electron chi connectivity index (χ0n) is 20.6. The summed E-state index contributed by atoms with van der Waals surface area (Å²) in [6.07, 6.45) is 12.4. The third kappa shape index (κ3) is 7.59. The van der Waals surface area contributed by atoms with Crippen LogP contribution in [0.15, 0.2) is 51.9 Å². The van der Waals surface area contributed by atoms with Gasteiger partial charge in [-0.15, -0.1) is 0 Å². The van der Waals surface area contributed by atoms with Gasteiger partial charge in [-0.2, -0.15) is 0 Å². The van der Waals surface area contributed by atoms with E-state index in [9.17, 15) is 4.79 Å². The molecule has 0 amide bonds. The third-order valence-corrected chi connectivity index (χ3v) is 5.51. The minimum absolute atomic E-state index is 0.0989. The number of ether oxygens (including phenoxy) is 3. The van der Waals surface area contributed by atoms with Crippen molar-refractivity contribution in [2.24, 2.45) is 5.92 Å². The molecule has 0 saturated heterocycles. The fourth-order valence-electron chi connectivity index (χ4n) is 3.56. The smallest absolute Gasteiger partial charge is 0.238 e. The quantitative estimate of drug-likeness (QED) is 0.362. The highest BCUT2D eigenvalue weighted by molar-refractivity contribution is 5.40. The number of pyridine rings is 1. The lowest BCUT2D eigenvalue weighted by Crippen LogP contribution is -2.20. The number of hydrogen-bond acceptors (Lipinski definition) is 4. The van der Waals surface area contributed by atoms with Crippen molar-refractivity contribution >= 4 is 0 Å². The lowest BCUT2D eigenvalue weighted by atomic mass is 9.95. The maximum atomic E-state index is 12.4. The van der Waals surface area contributed by atoms with Crippen LogP contribution in [0.2, 0.25) is 0 Å². The predicted octanol–water partition coefficient (Wildman–Crippen LogP) is 5.70. The first-order valence-electron chi connectivity index (χ1n) is 10.7. The van der Waals surface area contributed by atoms with Crippen LogP contribution in [0.5, 0.6) is 11.6 Å². The SMILES string of the molecule is CC=C(C)C(OC)C(C)C=C(C)C=CCC(C)=CCc1[nH]c(OC)c(OC)c(=O)c1C. The van der Waals surface area contributed by atoms with Gasteiger partial charge in [0.2, 0.25) is 17.1 Å². The summed E-state index contributed by atoms with van der Waals surface area (Å²) in [5, 5.41) is 0. The summed E-state index contributed by atoms with van der Waals surface area (Å²) in [4.78, 5) is 15.6. The number of allylic oxidation sites excluding steroid dienone is 6. The first kappa shape index (κ1) is 26.5. The zero-order chi connectivity index (χ0) is 23.6. The minimum atomic E-state index is -0.142. The zero-order valence-corrected chi connectivity index (χ0v) is 20.6. The highest BCUT2D eigenvalue weighted by atomic mass is 16.5. The molecule has 1 N–H and O–H groups in total. The van der Waals surface area contributed by atoms with Crippen LogP contribution in [0.25, 0.3) is 0 Å². The van der Waals surface area contributed by atoms with E-state index in [4.69, 9.17) is 14.2 Å². The van der Waals surface area contributed by atoms with Gasteiger partial charge >= 0.3 is 0 Å². The molecule has 172 valence electrons. The van der Waals surface area contributed by atoms with E-state index in [2.05, 4.69) is 63.1 Å². The molecule has 31 heavy (non-hydrogen) atoms. The summed E-state index contributed by atoms with van der Waals surface area (Å²) in [6, 6.07) is 0. The lowest BCUT2D eigenvalue weighted by molar-refractivity contribution is 0.103. The highest BCUT2D eigenvalue weighted by Gasteiger charge is 2.16. The van der Waals surface area contributed by atoms with Gasteiger partial charge in [0.25, 0.3) is 0 Å². The van der Waals surface area contributed by atoms with Gasteiger partial charge in [-0.3, -0.25) is 4.79 Å². The molecule has 0 aliphatic carbocycles. The molecule has 1 aromatic rings. The van der Waals surface area contributed by atoms with E-state index >= 15 is 0 Å². The van der Waals surface area contributed by atoms with Crippen molar-refractivity contribution in [3.05, 3.63) is 68.6 Å². The summed E-state index contributed by atoms with van der Waals surface area (Å²) in [7, 11) is 4.75. The summed E-state index contributed by atoms with van der Waals surface area (Å²) in [5.41, 5.74) is 5.02. The molecule has 2 atom stereocenters. The maximum absolute atomic E-state index is 12.4. The van der Waals surface area contributed by atoms with Crippen molar-refractivity contribution in [1.29, 1.82) is 0 Å². The van der Waals surface area contributed by atoms with E-state index in [1.807, 2.05) is 6.92 Å². The second-order valence-corrected chi connectivity index (χ2v) is 7.94. The van der Waals surface area contributed by atoms with Crippen molar-refractivity contribution in [2.45, 2.75) is 60.5 Å². The Labute approximate surface area is 187 Å². The van der Waals surface area contributed by atoms with Crippen LogP contribution in [-0.4, -0.2) is 32.4 Å². The molecule has 5 nitrogen and oxygen atoms in total. The van der Waals surface area contributed by atoms with Crippen molar-refractivity contribution in [1.82, 2.24) is 4.98 Å². The van der Waals surface area contributed by atoms with Gasteiger partial charge in [-0.25, -0.2) is 0 Å². The first-order chi connectivity index (χ1) is 14.7. The topological polar surface area (TPSA) is 60.6 Å². The summed E-state index contributed by atoms with van der Waals surface area (Å²) in [6.45, 7) is 12.3. The molecule has 0 aliphatic heterocycles. The van der Waals surface area contributed by atoms with E-state index in [0.29, 0.717) is 23.8 Å². The molecule has 2 unspecified atom stereocenters. The maximum Gasteiger partial charge on any atom is 0.238 e. The normalized spacial score (nSPS) is 15.3. The van der Waals surface area contributed by atoms with E-state index in [1.54, 1.807) is 14.0 Å². The standard InChI is InChI=1S/C26H39NO4/c1-10-19(4)24(29-7)20(5)16-18(3)13-11-12-17(2)14-15-22-21(6)23(28)25(30-8)26(27-22)31-9/h10-11,13-14,16,20,24H,12,15H2,1-9H3,(H,27,28). The molecule has 0 aliphatic rings. The van der Waals surface area contributed by atoms with Gasteiger partial charge in [0.15, 0.2) is 0 Å². The number of aromatic nitrogens is 1. The van der Waals surface area contributed by atoms with Gasteiger partial charge < -0.3 is 19.2 Å². The van der Waals surface area contributed by atoms with Crippen LogP contribution < -0.4 is 14.9 Å². The molecular formula is C26H39NO4. The monoisotopic (exact) mass is 429 g/mol. The van der Waals surface area contributed by atoms with Crippen LogP contribution in [0, 0.1) is 12.8 Å². The van der Waals surface area contributed by atoms with Crippen LogP contribution in [0.3, 0.4) is 0 Å². The predicted molar refractivity (Wildman–Crippen MR) is 129 cm³/mol. The van der Waals surface area contributed by atoms with Crippen molar-refractivity contribution in [2.75, 3.05) is 21.3 Å². The average molecular weight is 430 g/mol. The molecule has 1 aromatic heterocycles. The van der Waals surface area contributed by atoms with Crippen molar-refractivity contribution < 1.29 is 14.2 Å². The fourth-order valence-corrected chi connectivity index (χ4v) is 3.56. The van der Waals surface area contributed by atoms with Crippen molar-refractivity contribution in [3.8, 4) is 11.6 Å². The van der Waals surface area contributed by atoms with Gasteiger partial charge in [-0.05, 0) is 46.6 Å². The van der Waals surface area contributed by atoms with E-state index in [1.165, 1.54) is 30.9 Å².